The van der Waals surface area contributed by atoms with E-state index in [0.29, 0.717) is 5.41 Å². The lowest BCUT2D eigenvalue weighted by molar-refractivity contribution is -0.885. The molecule has 0 amide bonds. The molecule has 0 saturated carbocycles. The Bertz CT molecular complexity index is 171. The average Bonchev–Trinajstić information content (AvgIpc) is 2.11. The molecule has 13 heavy (non-hydrogen) atoms. The highest BCUT2D eigenvalue weighted by atomic mass is 15.1. The summed E-state index contributed by atoms with van der Waals surface area (Å²) in [6.07, 6.45) is 5.58. The summed E-state index contributed by atoms with van der Waals surface area (Å²) in [5.41, 5.74) is 0.649. The molecule has 2 aliphatic rings. The van der Waals surface area contributed by atoms with Crippen molar-refractivity contribution < 1.29 is 9.80 Å². The zero-order chi connectivity index (χ0) is 9.31. The number of nitrogens with one attached hydrogen (secondary N) is 2. The van der Waals surface area contributed by atoms with Gasteiger partial charge in [-0.05, 0) is 12.8 Å². The fourth-order valence-corrected chi connectivity index (χ4v) is 2.98. The van der Waals surface area contributed by atoms with Gasteiger partial charge in [0.2, 0.25) is 0 Å². The van der Waals surface area contributed by atoms with E-state index in [-0.39, 0.29) is 0 Å². The Hall–Kier alpha value is -0.0800. The van der Waals surface area contributed by atoms with E-state index in [4.69, 9.17) is 0 Å². The van der Waals surface area contributed by atoms with Crippen molar-refractivity contribution in [3.05, 3.63) is 14.1 Å². The molecule has 1 unspecified atom stereocenters. The fourth-order valence-electron chi connectivity index (χ4n) is 2.98. The number of piperidine rings is 2. The largest absolute Gasteiger partial charge is 0.468 e. The summed E-state index contributed by atoms with van der Waals surface area (Å²) in [5, 5.41) is 0. The van der Waals surface area contributed by atoms with E-state index in [2.05, 4.69) is 14.1 Å². The average molecular weight is 182 g/mol. The molecule has 0 aromatic rings. The monoisotopic (exact) mass is 182 g/mol. The standard InChI is InChI=1S/C11H22N2/c1-12-8-5-11(6-9-12)4-3-7-13(2)10-11/h12-13H,1-10H2. The molecule has 2 fully saturated rings. The second kappa shape index (κ2) is 3.58. The number of hydrogen-bond acceptors (Lipinski definition) is 0. The zero-order valence-electron chi connectivity index (χ0n) is 8.57. The Kier molecular flexibility index (Phi) is 2.61. The van der Waals surface area contributed by atoms with Crippen LogP contribution in [0.4, 0.5) is 0 Å². The summed E-state index contributed by atoms with van der Waals surface area (Å²) < 4.78 is 0. The van der Waals surface area contributed by atoms with E-state index in [1.54, 1.807) is 0 Å². The minimum atomic E-state index is 0.649. The molecular weight excluding hydrogens is 160 g/mol. The Balaban J connectivity index is 1.95. The van der Waals surface area contributed by atoms with Crippen LogP contribution in [0.1, 0.15) is 25.7 Å². The first kappa shape index (κ1) is 9.47. The van der Waals surface area contributed by atoms with Crippen LogP contribution in [0.2, 0.25) is 0 Å². The van der Waals surface area contributed by atoms with Crippen molar-refractivity contribution in [2.75, 3.05) is 26.2 Å². The first-order valence-corrected chi connectivity index (χ1v) is 5.54. The van der Waals surface area contributed by atoms with E-state index in [1.807, 2.05) is 0 Å². The van der Waals surface area contributed by atoms with Gasteiger partial charge in [0.05, 0.1) is 26.2 Å². The molecule has 2 rings (SSSR count). The number of likely N-dealkylation sites (tertiary alicyclic amines) is 2. The van der Waals surface area contributed by atoms with E-state index >= 15 is 0 Å². The zero-order valence-corrected chi connectivity index (χ0v) is 8.57. The van der Waals surface area contributed by atoms with Gasteiger partial charge < -0.3 is 9.80 Å². The molecule has 1 spiro atoms. The van der Waals surface area contributed by atoms with Crippen molar-refractivity contribution in [1.29, 1.82) is 0 Å². The molecule has 0 bridgehead atoms. The molecule has 1 atom stereocenters. The summed E-state index contributed by atoms with van der Waals surface area (Å²) in [6, 6.07) is 0. The molecule has 2 saturated heterocycles. The van der Waals surface area contributed by atoms with Gasteiger partial charge in [-0.15, -0.1) is 0 Å². The van der Waals surface area contributed by atoms with Gasteiger partial charge in [-0.25, -0.2) is 0 Å². The van der Waals surface area contributed by atoms with Gasteiger partial charge in [0.15, 0.2) is 0 Å². The third-order valence-electron chi connectivity index (χ3n) is 3.88. The Morgan fingerprint density at radius 3 is 2.15 bits per heavy atom. The third-order valence-corrected chi connectivity index (χ3v) is 3.88. The van der Waals surface area contributed by atoms with E-state index in [0.717, 1.165) is 0 Å². The van der Waals surface area contributed by atoms with Crippen molar-refractivity contribution in [3.8, 4) is 0 Å². The third kappa shape index (κ3) is 2.05. The van der Waals surface area contributed by atoms with E-state index < -0.39 is 0 Å². The van der Waals surface area contributed by atoms with Crippen molar-refractivity contribution in [2.24, 2.45) is 5.41 Å². The molecule has 0 aliphatic carbocycles. The smallest absolute Gasteiger partial charge is 0.0591 e. The lowest BCUT2D eigenvalue weighted by Gasteiger charge is -2.46. The summed E-state index contributed by atoms with van der Waals surface area (Å²) in [7, 11) is 8.25. The highest BCUT2D eigenvalue weighted by Gasteiger charge is 2.38. The van der Waals surface area contributed by atoms with Crippen LogP contribution in [0, 0.1) is 19.5 Å². The predicted octanol–water partition coefficient (Wildman–Crippen LogP) is -1.09. The molecule has 0 aromatic heterocycles. The van der Waals surface area contributed by atoms with Crippen LogP contribution >= 0.6 is 0 Å². The van der Waals surface area contributed by atoms with Crippen LogP contribution in [-0.2, 0) is 0 Å². The summed E-state index contributed by atoms with van der Waals surface area (Å²) in [5.74, 6) is 0. The Morgan fingerprint density at radius 2 is 1.54 bits per heavy atom. The minimum absolute atomic E-state index is 0.649. The summed E-state index contributed by atoms with van der Waals surface area (Å²) >= 11 is 0. The minimum Gasteiger partial charge on any atom is -0.468 e. The molecule has 2 nitrogen and oxygen atoms in total. The van der Waals surface area contributed by atoms with Crippen molar-refractivity contribution in [1.82, 2.24) is 0 Å². The maximum Gasteiger partial charge on any atom is 0.0591 e. The topological polar surface area (TPSA) is 8.88 Å². The van der Waals surface area contributed by atoms with Gasteiger partial charge in [0.1, 0.15) is 0 Å². The van der Waals surface area contributed by atoms with E-state index in [9.17, 15) is 0 Å². The first-order chi connectivity index (χ1) is 6.20. The van der Waals surface area contributed by atoms with Crippen molar-refractivity contribution in [2.45, 2.75) is 25.7 Å². The molecule has 2 heterocycles. The fraction of sp³-hybridized carbons (Fsp3) is 0.818. The molecule has 0 aromatic carbocycles. The number of quaternary nitrogens is 2. The van der Waals surface area contributed by atoms with Gasteiger partial charge >= 0.3 is 0 Å². The lowest BCUT2D eigenvalue weighted by Crippen LogP contribution is -3.12. The molecule has 2 N–H and O–H groups in total. The van der Waals surface area contributed by atoms with Gasteiger partial charge in [0, 0.05) is 18.3 Å². The first-order valence-electron chi connectivity index (χ1n) is 5.54. The quantitative estimate of drug-likeness (QED) is 0.441. The van der Waals surface area contributed by atoms with Gasteiger partial charge in [-0.1, -0.05) is 0 Å². The SMILES string of the molecule is [CH2-][NH+]1CCC2(CCC[NH+]([CH2-])C2)CC1. The molecule has 0 radical (unpaired) electrons. The molecule has 2 heteroatoms. The van der Waals surface area contributed by atoms with Crippen LogP contribution in [-0.4, -0.2) is 26.2 Å². The van der Waals surface area contributed by atoms with Gasteiger partial charge in [0.25, 0.3) is 0 Å². The van der Waals surface area contributed by atoms with Crippen LogP contribution < -0.4 is 9.80 Å². The Morgan fingerprint density at radius 1 is 0.846 bits per heavy atom. The lowest BCUT2D eigenvalue weighted by atomic mass is 9.73. The number of rotatable bonds is 0. The molecule has 2 aliphatic heterocycles. The van der Waals surface area contributed by atoms with Crippen LogP contribution in [0.3, 0.4) is 0 Å². The van der Waals surface area contributed by atoms with Crippen molar-refractivity contribution >= 4 is 0 Å². The van der Waals surface area contributed by atoms with Gasteiger partial charge in [-0.3, -0.25) is 0 Å². The van der Waals surface area contributed by atoms with E-state index in [1.165, 1.54) is 61.7 Å². The summed E-state index contributed by atoms with van der Waals surface area (Å²) in [4.78, 5) is 2.97. The highest BCUT2D eigenvalue weighted by Crippen LogP contribution is 2.32. The van der Waals surface area contributed by atoms with Crippen LogP contribution in [0.15, 0.2) is 0 Å². The predicted molar refractivity (Wildman–Crippen MR) is 53.0 cm³/mol. The van der Waals surface area contributed by atoms with Crippen molar-refractivity contribution in [3.63, 3.8) is 0 Å². The van der Waals surface area contributed by atoms with Gasteiger partial charge in [-0.2, -0.15) is 14.1 Å². The highest BCUT2D eigenvalue weighted by molar-refractivity contribution is 4.82. The maximum absolute atomic E-state index is 4.16. The molecular formula is C11H22N2. The Labute approximate surface area is 81.9 Å². The normalized spacial score (nSPS) is 46.6. The van der Waals surface area contributed by atoms with Crippen LogP contribution in [0.25, 0.3) is 0 Å². The number of hydrogen-bond donors (Lipinski definition) is 2. The molecule has 76 valence electrons. The van der Waals surface area contributed by atoms with Crippen LogP contribution in [0.5, 0.6) is 0 Å². The second-order valence-electron chi connectivity index (χ2n) is 5.03. The maximum atomic E-state index is 4.16. The second-order valence-corrected chi connectivity index (χ2v) is 5.03. The summed E-state index contributed by atoms with van der Waals surface area (Å²) in [6.45, 7) is 5.13.